The summed E-state index contributed by atoms with van der Waals surface area (Å²) in [5.74, 6) is 0.214. The highest BCUT2D eigenvalue weighted by atomic mass is 32.1. The van der Waals surface area contributed by atoms with Gasteiger partial charge in [-0.1, -0.05) is 0 Å². The van der Waals surface area contributed by atoms with Gasteiger partial charge in [0.25, 0.3) is 0 Å². The van der Waals surface area contributed by atoms with Gasteiger partial charge in [0, 0.05) is 23.9 Å². The topological polar surface area (TPSA) is 116 Å². The van der Waals surface area contributed by atoms with Crippen LogP contribution in [0.25, 0.3) is 6.08 Å². The molecule has 1 aliphatic carbocycles. The number of anilines is 1. The van der Waals surface area contributed by atoms with Crippen LogP contribution in [0.4, 0.5) is 9.80 Å². The lowest BCUT2D eigenvalue weighted by Gasteiger charge is -2.27. The van der Waals surface area contributed by atoms with Crippen molar-refractivity contribution in [3.8, 4) is 6.07 Å². The monoisotopic (exact) mass is 441 g/mol. The number of nitrogens with zero attached hydrogens (tertiary/aromatic N) is 2. The standard InChI is InChI=1S/C22H23N3O5S/c23-12-18-17-7-5-16(30-22(28)25-9-1-3-14(25)13-26)11-19(17)31-21(18)24-20(27)8-6-15-4-2-10-29-15/h2,4,6,8,10,14,16,26H,1,3,5,7,9,11,13H2,(H,24,27)/b8-6+. The zero-order valence-electron chi connectivity index (χ0n) is 16.9. The molecule has 2 unspecified atom stereocenters. The molecule has 1 fully saturated rings. The van der Waals surface area contributed by atoms with Crippen molar-refractivity contribution in [3.63, 3.8) is 0 Å². The van der Waals surface area contributed by atoms with Crippen molar-refractivity contribution < 1.29 is 23.8 Å². The van der Waals surface area contributed by atoms with Crippen molar-refractivity contribution in [2.24, 2.45) is 0 Å². The lowest BCUT2D eigenvalue weighted by molar-refractivity contribution is -0.111. The van der Waals surface area contributed by atoms with Gasteiger partial charge in [0.2, 0.25) is 5.91 Å². The highest BCUT2D eigenvalue weighted by Gasteiger charge is 2.33. The van der Waals surface area contributed by atoms with Gasteiger partial charge in [-0.25, -0.2) is 4.79 Å². The van der Waals surface area contributed by atoms with Gasteiger partial charge >= 0.3 is 6.09 Å². The van der Waals surface area contributed by atoms with E-state index in [0.29, 0.717) is 42.1 Å². The molecule has 0 radical (unpaired) electrons. The molecular weight excluding hydrogens is 418 g/mol. The molecule has 1 aliphatic heterocycles. The van der Waals surface area contributed by atoms with Crippen molar-refractivity contribution in [1.82, 2.24) is 4.90 Å². The Balaban J connectivity index is 1.41. The Morgan fingerprint density at radius 3 is 3.06 bits per heavy atom. The van der Waals surface area contributed by atoms with Crippen LogP contribution in [0, 0.1) is 11.3 Å². The average molecular weight is 442 g/mol. The molecule has 8 nitrogen and oxygen atoms in total. The summed E-state index contributed by atoms with van der Waals surface area (Å²) in [5.41, 5.74) is 1.39. The third-order valence-electron chi connectivity index (χ3n) is 5.60. The summed E-state index contributed by atoms with van der Waals surface area (Å²) in [7, 11) is 0. The Kier molecular flexibility index (Phi) is 6.39. The van der Waals surface area contributed by atoms with Crippen LogP contribution in [0.5, 0.6) is 0 Å². The van der Waals surface area contributed by atoms with Gasteiger partial charge < -0.3 is 24.5 Å². The van der Waals surface area contributed by atoms with Crippen molar-refractivity contribution in [3.05, 3.63) is 46.2 Å². The zero-order chi connectivity index (χ0) is 21.8. The lowest BCUT2D eigenvalue weighted by Crippen LogP contribution is -2.40. The molecule has 0 spiro atoms. The minimum absolute atomic E-state index is 0.0577. The van der Waals surface area contributed by atoms with Crippen LogP contribution in [0.3, 0.4) is 0 Å². The summed E-state index contributed by atoms with van der Waals surface area (Å²) < 4.78 is 10.9. The molecule has 9 heteroatoms. The maximum atomic E-state index is 12.5. The summed E-state index contributed by atoms with van der Waals surface area (Å²) in [6.45, 7) is 0.541. The SMILES string of the molecule is N#Cc1c(NC(=O)/C=C/c2ccco2)sc2c1CCC(OC(=O)N1CCCC1CO)C2. The predicted molar refractivity (Wildman–Crippen MR) is 115 cm³/mol. The molecule has 4 rings (SSSR count). The second-order valence-corrected chi connectivity index (χ2v) is 8.68. The van der Waals surface area contributed by atoms with E-state index >= 15 is 0 Å². The van der Waals surface area contributed by atoms with Crippen molar-refractivity contribution in [2.75, 3.05) is 18.5 Å². The van der Waals surface area contributed by atoms with E-state index in [1.807, 2.05) is 0 Å². The van der Waals surface area contributed by atoms with Crippen LogP contribution >= 0.6 is 11.3 Å². The number of nitrogens with one attached hydrogen (secondary N) is 1. The van der Waals surface area contributed by atoms with E-state index in [-0.39, 0.29) is 24.7 Å². The second kappa shape index (κ2) is 9.37. The van der Waals surface area contributed by atoms with E-state index in [1.165, 1.54) is 23.7 Å². The van der Waals surface area contributed by atoms with Crippen molar-refractivity contribution in [2.45, 2.75) is 44.2 Å². The number of carbonyl (C=O) groups excluding carboxylic acids is 2. The van der Waals surface area contributed by atoms with E-state index in [4.69, 9.17) is 9.15 Å². The van der Waals surface area contributed by atoms with E-state index in [1.54, 1.807) is 23.1 Å². The van der Waals surface area contributed by atoms with E-state index in [9.17, 15) is 20.0 Å². The minimum Gasteiger partial charge on any atom is -0.465 e. The number of carbonyl (C=O) groups is 2. The number of furan rings is 1. The van der Waals surface area contributed by atoms with Gasteiger partial charge in [-0.3, -0.25) is 4.79 Å². The molecular formula is C22H23N3O5S. The fourth-order valence-electron chi connectivity index (χ4n) is 4.04. The average Bonchev–Trinajstić information content (AvgIpc) is 3.51. The molecule has 31 heavy (non-hydrogen) atoms. The van der Waals surface area contributed by atoms with Gasteiger partial charge in [-0.15, -0.1) is 11.3 Å². The smallest absolute Gasteiger partial charge is 0.410 e. The van der Waals surface area contributed by atoms with Crippen LogP contribution in [0.2, 0.25) is 0 Å². The van der Waals surface area contributed by atoms with E-state index in [2.05, 4.69) is 11.4 Å². The highest BCUT2D eigenvalue weighted by Crippen LogP contribution is 2.38. The first-order valence-corrected chi connectivity index (χ1v) is 11.1. The van der Waals surface area contributed by atoms with Crippen molar-refractivity contribution >= 4 is 34.4 Å². The molecule has 3 heterocycles. The molecule has 2 amide bonds. The summed E-state index contributed by atoms with van der Waals surface area (Å²) in [4.78, 5) is 27.3. The molecule has 2 aromatic heterocycles. The number of hydrogen-bond acceptors (Lipinski definition) is 7. The highest BCUT2D eigenvalue weighted by molar-refractivity contribution is 7.16. The molecule has 2 aliphatic rings. The number of thiophene rings is 1. The van der Waals surface area contributed by atoms with Crippen LogP contribution in [0.1, 0.15) is 41.0 Å². The summed E-state index contributed by atoms with van der Waals surface area (Å²) in [5, 5.41) is 22.3. The molecule has 162 valence electrons. The number of nitriles is 1. The Morgan fingerprint density at radius 1 is 1.45 bits per heavy atom. The number of rotatable bonds is 5. The van der Waals surface area contributed by atoms with Gasteiger partial charge in [-0.2, -0.15) is 5.26 Å². The predicted octanol–water partition coefficient (Wildman–Crippen LogP) is 3.32. The Hall–Kier alpha value is -3.09. The molecule has 0 saturated carbocycles. The summed E-state index contributed by atoms with van der Waals surface area (Å²) >= 11 is 1.35. The minimum atomic E-state index is -0.390. The molecule has 0 aromatic carbocycles. The lowest BCUT2D eigenvalue weighted by atomic mass is 9.94. The second-order valence-electron chi connectivity index (χ2n) is 7.58. The maximum Gasteiger partial charge on any atom is 0.410 e. The Morgan fingerprint density at radius 2 is 2.32 bits per heavy atom. The van der Waals surface area contributed by atoms with Crippen LogP contribution in [-0.2, 0) is 22.4 Å². The summed E-state index contributed by atoms with van der Waals surface area (Å²) in [6, 6.07) is 5.50. The fraction of sp³-hybridized carbons (Fsp3) is 0.409. The van der Waals surface area contributed by atoms with E-state index in [0.717, 1.165) is 23.3 Å². The summed E-state index contributed by atoms with van der Waals surface area (Å²) in [6.07, 6.45) is 7.15. The van der Waals surface area contributed by atoms with Crippen LogP contribution in [0.15, 0.2) is 28.9 Å². The van der Waals surface area contributed by atoms with Gasteiger partial charge in [0.05, 0.1) is 24.5 Å². The molecule has 2 N–H and O–H groups in total. The molecule has 2 atom stereocenters. The first kappa shape index (κ1) is 21.2. The molecule has 0 bridgehead atoms. The van der Waals surface area contributed by atoms with Gasteiger partial charge in [-0.05, 0) is 49.5 Å². The molecule has 2 aromatic rings. The van der Waals surface area contributed by atoms with Crippen LogP contribution in [-0.4, -0.2) is 47.3 Å². The van der Waals surface area contributed by atoms with Crippen LogP contribution < -0.4 is 5.32 Å². The first-order chi connectivity index (χ1) is 15.1. The van der Waals surface area contributed by atoms with Crippen molar-refractivity contribution in [1.29, 1.82) is 5.26 Å². The number of ether oxygens (including phenoxy) is 1. The van der Waals surface area contributed by atoms with E-state index < -0.39 is 6.09 Å². The maximum absolute atomic E-state index is 12.5. The third kappa shape index (κ3) is 4.65. The molecule has 1 saturated heterocycles. The number of aliphatic hydroxyl groups excluding tert-OH is 1. The quantitative estimate of drug-likeness (QED) is 0.688. The zero-order valence-corrected chi connectivity index (χ0v) is 17.7. The van der Waals surface area contributed by atoms with Gasteiger partial charge in [0.15, 0.2) is 0 Å². The first-order valence-electron chi connectivity index (χ1n) is 10.2. The Bertz CT molecular complexity index is 1020. The fourth-order valence-corrected chi connectivity index (χ4v) is 5.30. The number of likely N-dealkylation sites (tertiary alicyclic amines) is 1. The third-order valence-corrected chi connectivity index (χ3v) is 6.77. The largest absolute Gasteiger partial charge is 0.465 e. The van der Waals surface area contributed by atoms with Gasteiger partial charge in [0.1, 0.15) is 22.9 Å². The Labute approximate surface area is 183 Å². The number of fused-ring (bicyclic) bond motifs is 1. The number of amides is 2. The number of aliphatic hydroxyl groups is 1. The number of hydrogen-bond donors (Lipinski definition) is 2. The normalized spacial score (nSPS) is 20.5.